The molecule has 0 bridgehead atoms. The minimum absolute atomic E-state index is 0.160. The van der Waals surface area contributed by atoms with Crippen molar-refractivity contribution in [1.29, 1.82) is 0 Å². The number of carbonyl (C=O) groups excluding carboxylic acids is 1. The number of rotatable bonds is 8. The minimum atomic E-state index is -4.43. The first-order valence-electron chi connectivity index (χ1n) is 12.5. The zero-order valence-electron chi connectivity index (χ0n) is 21.6. The maximum absolute atomic E-state index is 13.6. The first-order valence-corrected chi connectivity index (χ1v) is 13.7. The van der Waals surface area contributed by atoms with Gasteiger partial charge in [-0.05, 0) is 56.5 Å². The van der Waals surface area contributed by atoms with E-state index in [4.69, 9.17) is 4.42 Å². The summed E-state index contributed by atoms with van der Waals surface area (Å²) in [5.41, 5.74) is 1.68. The first kappa shape index (κ1) is 28.8. The van der Waals surface area contributed by atoms with Crippen LogP contribution in [0.2, 0.25) is 0 Å². The Balaban J connectivity index is 1.41. The predicted octanol–water partition coefficient (Wildman–Crippen LogP) is 6.13. The lowest BCUT2D eigenvalue weighted by molar-refractivity contribution is -0.137. The van der Waals surface area contributed by atoms with Crippen molar-refractivity contribution in [1.82, 2.24) is 9.62 Å². The lowest BCUT2D eigenvalue weighted by atomic mass is 10.0. The van der Waals surface area contributed by atoms with Gasteiger partial charge in [0.25, 0.3) is 0 Å². The third-order valence-corrected chi connectivity index (χ3v) is 7.82. The van der Waals surface area contributed by atoms with Crippen LogP contribution in [0, 0.1) is 0 Å². The van der Waals surface area contributed by atoms with Gasteiger partial charge in [0.1, 0.15) is 29.5 Å². The van der Waals surface area contributed by atoms with Crippen LogP contribution in [0.25, 0.3) is 6.08 Å². The van der Waals surface area contributed by atoms with E-state index in [1.54, 1.807) is 18.3 Å². The van der Waals surface area contributed by atoms with Crippen molar-refractivity contribution in [2.75, 3.05) is 13.1 Å². The summed E-state index contributed by atoms with van der Waals surface area (Å²) < 4.78 is 72.9. The molecule has 1 aliphatic carbocycles. The largest absolute Gasteiger partial charge is 0.590 e. The summed E-state index contributed by atoms with van der Waals surface area (Å²) in [5, 5.41) is 3.01. The number of nitrogens with one attached hydrogen (secondary N) is 1. The normalized spacial score (nSPS) is 20.2. The van der Waals surface area contributed by atoms with Crippen LogP contribution in [0.5, 0.6) is 0 Å². The third-order valence-electron chi connectivity index (χ3n) is 6.30. The third kappa shape index (κ3) is 7.49. The van der Waals surface area contributed by atoms with Gasteiger partial charge in [0, 0.05) is 42.8 Å². The number of aryl methyl sites for hydroxylation is 1. The van der Waals surface area contributed by atoms with Gasteiger partial charge >= 0.3 is 11.3 Å². The number of fused-ring (bicyclic) bond motifs is 1. The second-order valence-corrected chi connectivity index (χ2v) is 10.9. The van der Waals surface area contributed by atoms with Gasteiger partial charge in [0.15, 0.2) is 0 Å². The molecule has 1 N–H and O–H groups in total. The van der Waals surface area contributed by atoms with Crippen LogP contribution in [0.4, 0.5) is 17.6 Å². The summed E-state index contributed by atoms with van der Waals surface area (Å²) >= 11 is -1.77. The van der Waals surface area contributed by atoms with Gasteiger partial charge in [-0.1, -0.05) is 18.2 Å². The fourth-order valence-electron chi connectivity index (χ4n) is 4.16. The molecule has 2 heterocycles. The van der Waals surface area contributed by atoms with Crippen LogP contribution in [0.15, 0.2) is 74.6 Å². The van der Waals surface area contributed by atoms with Crippen LogP contribution in [0.1, 0.15) is 55.6 Å². The number of alkyl halides is 3. The van der Waals surface area contributed by atoms with E-state index in [0.717, 1.165) is 17.7 Å². The number of hydrogen-bond acceptors (Lipinski definition) is 5. The predicted molar refractivity (Wildman–Crippen MR) is 142 cm³/mol. The molecule has 6 nitrogen and oxygen atoms in total. The average Bonchev–Trinajstić information content (AvgIpc) is 3.29. The molecule has 0 spiro atoms. The molecule has 0 fully saturated rings. The highest BCUT2D eigenvalue weighted by Gasteiger charge is 2.33. The molecule has 1 unspecified atom stereocenters. The Morgan fingerprint density at radius 1 is 1.18 bits per heavy atom. The smallest absolute Gasteiger partial charge is 0.416 e. The summed E-state index contributed by atoms with van der Waals surface area (Å²) in [6.45, 7) is 3.66. The van der Waals surface area contributed by atoms with E-state index in [1.165, 1.54) is 22.5 Å². The zero-order chi connectivity index (χ0) is 28.2. The Kier molecular flexibility index (Phi) is 9.14. The molecule has 1 aromatic heterocycles. The second-order valence-electron chi connectivity index (χ2n) is 9.55. The van der Waals surface area contributed by atoms with E-state index in [-0.39, 0.29) is 42.4 Å². The molecule has 11 heteroatoms. The van der Waals surface area contributed by atoms with Crippen LogP contribution in [0.3, 0.4) is 0 Å². The fourth-order valence-corrected chi connectivity index (χ4v) is 5.41. The number of carbonyl (C=O) groups is 1. The molecule has 0 saturated carbocycles. The van der Waals surface area contributed by atoms with Crippen LogP contribution in [-0.2, 0) is 28.8 Å². The maximum Gasteiger partial charge on any atom is 0.416 e. The van der Waals surface area contributed by atoms with Crippen molar-refractivity contribution >= 4 is 29.1 Å². The quantitative estimate of drug-likeness (QED) is 0.310. The van der Waals surface area contributed by atoms with Gasteiger partial charge < -0.3 is 14.3 Å². The highest BCUT2D eigenvalue weighted by molar-refractivity contribution is 7.89. The van der Waals surface area contributed by atoms with Gasteiger partial charge in [0.05, 0.1) is 17.3 Å². The number of aliphatic imine (C=N–C) groups is 1. The van der Waals surface area contributed by atoms with Crippen molar-refractivity contribution in [3.63, 3.8) is 0 Å². The van der Waals surface area contributed by atoms with Crippen molar-refractivity contribution < 1.29 is 31.3 Å². The summed E-state index contributed by atoms with van der Waals surface area (Å²) in [6, 6.07) is 6.06. The first-order chi connectivity index (χ1) is 18.5. The number of allylic oxidation sites excluding steroid dienone is 3. The lowest BCUT2D eigenvalue weighted by Crippen LogP contribution is -2.44. The molecule has 39 heavy (non-hydrogen) atoms. The van der Waals surface area contributed by atoms with E-state index < -0.39 is 23.1 Å². The van der Waals surface area contributed by atoms with Crippen molar-refractivity contribution in [2.24, 2.45) is 4.99 Å². The van der Waals surface area contributed by atoms with E-state index in [1.807, 2.05) is 19.9 Å². The van der Waals surface area contributed by atoms with Crippen molar-refractivity contribution in [3.8, 4) is 0 Å². The summed E-state index contributed by atoms with van der Waals surface area (Å²) in [7, 11) is 0. The number of amides is 1. The Hall–Kier alpha value is -3.15. The Morgan fingerprint density at radius 2 is 1.92 bits per heavy atom. The monoisotopic (exact) mass is 563 g/mol. The fraction of sp³-hybridized carbons (Fsp3) is 0.357. The highest BCUT2D eigenvalue weighted by Crippen LogP contribution is 2.31. The number of halogens is 4. The SMILES string of the molecule is CC(C)N(CC(=O)NC/C1=C/C(c2ccc(C(F)(F)F)cc2)=N\C=C/CC1)[S+]([O-])c1cc2c(o1)CCC(F)=C2. The molecule has 208 valence electrons. The summed E-state index contributed by atoms with van der Waals surface area (Å²) in [4.78, 5) is 17.2. The van der Waals surface area contributed by atoms with Gasteiger partial charge in [-0.2, -0.15) is 13.2 Å². The summed E-state index contributed by atoms with van der Waals surface area (Å²) in [5.74, 6) is -0.0409. The van der Waals surface area contributed by atoms with Crippen LogP contribution >= 0.6 is 0 Å². The van der Waals surface area contributed by atoms with Gasteiger partial charge in [-0.3, -0.25) is 9.79 Å². The second kappa shape index (κ2) is 12.4. The molecule has 1 aliphatic heterocycles. The van der Waals surface area contributed by atoms with E-state index in [2.05, 4.69) is 10.3 Å². The highest BCUT2D eigenvalue weighted by atomic mass is 32.2. The molecular formula is C28H29F4N3O3S. The maximum atomic E-state index is 13.6. The Morgan fingerprint density at radius 3 is 2.62 bits per heavy atom. The average molecular weight is 564 g/mol. The van der Waals surface area contributed by atoms with Gasteiger partial charge in [-0.25, -0.2) is 4.39 Å². The molecule has 0 radical (unpaired) electrons. The van der Waals surface area contributed by atoms with Crippen LogP contribution in [-0.4, -0.2) is 39.6 Å². The molecular weight excluding hydrogens is 534 g/mol. The van der Waals surface area contributed by atoms with E-state index in [0.29, 0.717) is 41.9 Å². The number of furan rings is 1. The number of nitrogens with zero attached hydrogens (tertiary/aromatic N) is 2. The molecule has 2 aliphatic rings. The Bertz CT molecular complexity index is 1310. The topological polar surface area (TPSA) is 80.9 Å². The standard InChI is InChI=1S/C28H29F4N3O3S/c1-18(2)35(39(37)27-15-21-14-23(29)10-11-25(21)38-27)17-26(36)34-16-19-5-3-4-12-33-24(13-19)20-6-8-22(9-7-20)28(30,31)32/h4,6-9,12-15,18H,3,5,10-11,16-17H2,1-2H3,(H,34,36)/b12-4-,19-13+,33-24+. The minimum Gasteiger partial charge on any atom is -0.590 e. The molecule has 1 amide bonds. The lowest BCUT2D eigenvalue weighted by Gasteiger charge is -2.25. The van der Waals surface area contributed by atoms with E-state index in [9.17, 15) is 26.9 Å². The zero-order valence-corrected chi connectivity index (χ0v) is 22.4. The molecule has 2 aromatic rings. The van der Waals surface area contributed by atoms with E-state index >= 15 is 0 Å². The van der Waals surface area contributed by atoms with Crippen LogP contribution < -0.4 is 5.32 Å². The van der Waals surface area contributed by atoms with Crippen molar-refractivity contribution in [3.05, 3.63) is 82.5 Å². The molecule has 4 rings (SSSR count). The van der Waals surface area contributed by atoms with Gasteiger partial charge in [-0.15, -0.1) is 4.31 Å². The number of benzene rings is 1. The summed E-state index contributed by atoms with van der Waals surface area (Å²) in [6.07, 6.45) is 4.12. The molecule has 1 aromatic carbocycles. The Labute approximate surface area is 227 Å². The molecule has 0 saturated heterocycles. The molecule has 1 atom stereocenters. The van der Waals surface area contributed by atoms with Gasteiger partial charge in [0.2, 0.25) is 5.91 Å². The van der Waals surface area contributed by atoms with Crippen molar-refractivity contribution in [2.45, 2.75) is 56.8 Å². The number of hydrogen-bond donors (Lipinski definition) is 1.